The molecular weight excluding hydrogens is 516 g/mol. The molecule has 0 saturated carbocycles. The summed E-state index contributed by atoms with van der Waals surface area (Å²) in [5, 5.41) is 10.5. The first-order chi connectivity index (χ1) is 19.1. The number of ether oxygens (including phenoxy) is 3. The molecule has 0 aliphatic carbocycles. The molecule has 3 atom stereocenters. The highest BCUT2D eigenvalue weighted by Gasteiger charge is 2.48. The molecule has 3 N–H and O–H groups in total. The molecule has 4 rings (SSSR count). The predicted molar refractivity (Wildman–Crippen MR) is 148 cm³/mol. The second kappa shape index (κ2) is 12.6. The molecule has 0 bridgehead atoms. The number of methoxy groups -OCH3 is 1. The second-order valence-corrected chi connectivity index (χ2v) is 11.9. The SMILES string of the molecule is CCCCN(CCN)C(=O)CN1CC(c2cc(OC)c3c(c2)OCO3)C(C(=O)O)C1CCN1CC(C)(C)CC1=O. The minimum absolute atomic E-state index is 0.0599. The van der Waals surface area contributed by atoms with Crippen LogP contribution in [0.4, 0.5) is 0 Å². The number of hydrogen-bond donors (Lipinski definition) is 2. The van der Waals surface area contributed by atoms with Crippen LogP contribution >= 0.6 is 0 Å². The van der Waals surface area contributed by atoms with E-state index in [0.717, 1.165) is 18.4 Å². The lowest BCUT2D eigenvalue weighted by Gasteiger charge is -2.31. The summed E-state index contributed by atoms with van der Waals surface area (Å²) in [6.07, 6.45) is 2.76. The van der Waals surface area contributed by atoms with Crippen LogP contribution < -0.4 is 19.9 Å². The Labute approximate surface area is 236 Å². The number of carbonyl (C=O) groups excluding carboxylic acids is 2. The highest BCUT2D eigenvalue weighted by atomic mass is 16.7. The molecule has 40 heavy (non-hydrogen) atoms. The van der Waals surface area contributed by atoms with Crippen molar-refractivity contribution in [2.75, 3.05) is 59.7 Å². The number of nitrogens with two attached hydrogens (primary N) is 1. The van der Waals surface area contributed by atoms with Crippen molar-refractivity contribution in [2.45, 2.75) is 58.4 Å². The van der Waals surface area contributed by atoms with Gasteiger partial charge in [-0.1, -0.05) is 27.2 Å². The maximum atomic E-state index is 13.5. The molecule has 1 aromatic rings. The summed E-state index contributed by atoms with van der Waals surface area (Å²) in [5.41, 5.74) is 6.45. The largest absolute Gasteiger partial charge is 0.493 e. The Kier molecular flexibility index (Phi) is 9.45. The van der Waals surface area contributed by atoms with Crippen molar-refractivity contribution in [3.8, 4) is 17.2 Å². The molecule has 0 radical (unpaired) electrons. The normalized spacial score (nSPS) is 23.6. The molecule has 3 aliphatic heterocycles. The summed E-state index contributed by atoms with van der Waals surface area (Å²) in [6.45, 7) is 9.27. The molecule has 1 aromatic carbocycles. The van der Waals surface area contributed by atoms with Crippen molar-refractivity contribution in [2.24, 2.45) is 17.1 Å². The van der Waals surface area contributed by atoms with Gasteiger partial charge < -0.3 is 34.9 Å². The number of benzene rings is 1. The number of carboxylic acid groups (broad SMARTS) is 1. The summed E-state index contributed by atoms with van der Waals surface area (Å²) in [5.74, 6) is -0.603. The van der Waals surface area contributed by atoms with Crippen LogP contribution in [0.3, 0.4) is 0 Å². The molecule has 2 amide bonds. The van der Waals surface area contributed by atoms with E-state index in [1.807, 2.05) is 21.9 Å². The van der Waals surface area contributed by atoms with Gasteiger partial charge in [0.1, 0.15) is 0 Å². The standard InChI is InChI=1S/C29H44N4O7/c1-5-6-9-31(11-8-30)25(35)16-33-15-20(19-12-22(38-4)27-23(13-19)39-18-40-27)26(28(36)37)21(33)7-10-32-17-29(2,3)14-24(32)34/h12-13,20-21,26H,5-11,14-18,30H2,1-4H3,(H,36,37). The van der Waals surface area contributed by atoms with Crippen LogP contribution in [-0.2, 0) is 14.4 Å². The average Bonchev–Trinajstić information content (AvgIpc) is 3.59. The molecule has 3 aliphatic rings. The van der Waals surface area contributed by atoms with E-state index in [-0.39, 0.29) is 30.6 Å². The van der Waals surface area contributed by atoms with Crippen molar-refractivity contribution in [1.29, 1.82) is 0 Å². The van der Waals surface area contributed by atoms with Crippen LogP contribution in [0.25, 0.3) is 0 Å². The first-order valence-corrected chi connectivity index (χ1v) is 14.3. The smallest absolute Gasteiger partial charge is 0.308 e. The van der Waals surface area contributed by atoms with Crippen LogP contribution in [0.2, 0.25) is 0 Å². The van der Waals surface area contributed by atoms with Crippen molar-refractivity contribution >= 4 is 17.8 Å². The van der Waals surface area contributed by atoms with Gasteiger partial charge in [0.05, 0.1) is 19.6 Å². The van der Waals surface area contributed by atoms with E-state index >= 15 is 0 Å². The van der Waals surface area contributed by atoms with Gasteiger partial charge in [-0.25, -0.2) is 0 Å². The van der Waals surface area contributed by atoms with Gasteiger partial charge in [-0.2, -0.15) is 0 Å². The highest BCUT2D eigenvalue weighted by molar-refractivity contribution is 5.80. The summed E-state index contributed by atoms with van der Waals surface area (Å²) in [4.78, 5) is 44.6. The number of fused-ring (bicyclic) bond motifs is 1. The zero-order valence-electron chi connectivity index (χ0n) is 24.2. The van der Waals surface area contributed by atoms with E-state index in [1.165, 1.54) is 7.11 Å². The maximum absolute atomic E-state index is 13.5. The van der Waals surface area contributed by atoms with Crippen molar-refractivity contribution in [3.63, 3.8) is 0 Å². The van der Waals surface area contributed by atoms with E-state index in [4.69, 9.17) is 19.9 Å². The van der Waals surface area contributed by atoms with Gasteiger partial charge in [0, 0.05) is 57.6 Å². The molecule has 0 spiro atoms. The molecule has 3 unspecified atom stereocenters. The number of carboxylic acids is 1. The highest BCUT2D eigenvalue weighted by Crippen LogP contribution is 2.47. The lowest BCUT2D eigenvalue weighted by atomic mass is 9.84. The third-order valence-corrected chi connectivity index (χ3v) is 8.31. The Morgan fingerprint density at radius 1 is 1.25 bits per heavy atom. The first kappa shape index (κ1) is 29.9. The van der Waals surface area contributed by atoms with Gasteiger partial charge in [-0.15, -0.1) is 0 Å². The molecule has 0 aromatic heterocycles. The Bertz CT molecular complexity index is 1090. The Hall–Kier alpha value is -3.05. The number of likely N-dealkylation sites (tertiary alicyclic amines) is 2. The molecule has 11 nitrogen and oxygen atoms in total. The van der Waals surface area contributed by atoms with Crippen LogP contribution in [0.1, 0.15) is 57.9 Å². The van der Waals surface area contributed by atoms with Gasteiger partial charge in [-0.3, -0.25) is 19.3 Å². The number of hydrogen-bond acceptors (Lipinski definition) is 8. The van der Waals surface area contributed by atoms with E-state index in [2.05, 4.69) is 20.8 Å². The number of unbranched alkanes of at least 4 members (excludes halogenated alkanes) is 1. The fraction of sp³-hybridized carbons (Fsp3) is 0.690. The molecule has 222 valence electrons. The third kappa shape index (κ3) is 6.46. The van der Waals surface area contributed by atoms with Gasteiger partial charge in [0.2, 0.25) is 24.4 Å². The van der Waals surface area contributed by atoms with Crippen molar-refractivity contribution in [1.82, 2.24) is 14.7 Å². The number of nitrogens with zero attached hydrogens (tertiary/aromatic N) is 3. The minimum atomic E-state index is -0.931. The minimum Gasteiger partial charge on any atom is -0.493 e. The second-order valence-electron chi connectivity index (χ2n) is 11.9. The number of amides is 2. The van der Waals surface area contributed by atoms with Gasteiger partial charge in [-0.05, 0) is 36.0 Å². The fourth-order valence-electron chi connectivity index (χ4n) is 6.37. The molecule has 3 heterocycles. The van der Waals surface area contributed by atoms with Crippen LogP contribution in [0, 0.1) is 11.3 Å². The van der Waals surface area contributed by atoms with E-state index in [9.17, 15) is 19.5 Å². The Morgan fingerprint density at radius 3 is 2.65 bits per heavy atom. The summed E-state index contributed by atoms with van der Waals surface area (Å²) in [6, 6.07) is 3.19. The molecule has 11 heteroatoms. The monoisotopic (exact) mass is 560 g/mol. The fourth-order valence-corrected chi connectivity index (χ4v) is 6.37. The summed E-state index contributed by atoms with van der Waals surface area (Å²) < 4.78 is 16.7. The summed E-state index contributed by atoms with van der Waals surface area (Å²) >= 11 is 0. The zero-order chi connectivity index (χ0) is 29.0. The maximum Gasteiger partial charge on any atom is 0.308 e. The first-order valence-electron chi connectivity index (χ1n) is 14.3. The quantitative estimate of drug-likeness (QED) is 0.372. The van der Waals surface area contributed by atoms with E-state index in [1.54, 1.807) is 4.90 Å². The lowest BCUT2D eigenvalue weighted by Crippen LogP contribution is -2.46. The molecular formula is C29H44N4O7. The predicted octanol–water partition coefficient (Wildman–Crippen LogP) is 2.13. The molecule has 2 fully saturated rings. The van der Waals surface area contributed by atoms with Crippen LogP contribution in [0.5, 0.6) is 17.2 Å². The Morgan fingerprint density at radius 2 is 2.02 bits per heavy atom. The zero-order valence-corrected chi connectivity index (χ0v) is 24.2. The molecule has 2 saturated heterocycles. The average molecular weight is 561 g/mol. The van der Waals surface area contributed by atoms with Crippen LogP contribution in [-0.4, -0.2) is 103 Å². The van der Waals surface area contributed by atoms with Crippen LogP contribution in [0.15, 0.2) is 12.1 Å². The van der Waals surface area contributed by atoms with Gasteiger partial charge in [0.15, 0.2) is 11.5 Å². The van der Waals surface area contributed by atoms with E-state index in [0.29, 0.717) is 69.4 Å². The topological polar surface area (TPSA) is 135 Å². The summed E-state index contributed by atoms with van der Waals surface area (Å²) in [7, 11) is 1.54. The van der Waals surface area contributed by atoms with Crippen molar-refractivity contribution < 1.29 is 33.7 Å². The van der Waals surface area contributed by atoms with Gasteiger partial charge >= 0.3 is 5.97 Å². The Balaban J connectivity index is 1.63. The number of carbonyl (C=O) groups is 3. The van der Waals surface area contributed by atoms with Gasteiger partial charge in [0.25, 0.3) is 0 Å². The number of rotatable bonds is 13. The third-order valence-electron chi connectivity index (χ3n) is 8.31. The number of aliphatic carboxylic acids is 1. The lowest BCUT2D eigenvalue weighted by molar-refractivity contribution is -0.144. The van der Waals surface area contributed by atoms with E-state index < -0.39 is 23.8 Å². The van der Waals surface area contributed by atoms with Crippen molar-refractivity contribution in [3.05, 3.63) is 17.7 Å².